The third kappa shape index (κ3) is 4.85. The summed E-state index contributed by atoms with van der Waals surface area (Å²) in [7, 11) is 3.35. The predicted molar refractivity (Wildman–Crippen MR) is 112 cm³/mol. The Hall–Kier alpha value is -2.96. The van der Waals surface area contributed by atoms with E-state index >= 15 is 0 Å². The molecular weight excluding hydrogens is 354 g/mol. The number of ether oxygens (including phenoxy) is 2. The van der Waals surface area contributed by atoms with Gasteiger partial charge in [-0.1, -0.05) is 12.1 Å². The van der Waals surface area contributed by atoms with Gasteiger partial charge in [0.25, 0.3) is 0 Å². The van der Waals surface area contributed by atoms with E-state index in [4.69, 9.17) is 14.5 Å². The number of aliphatic imine (C=N–C) groups is 1. The van der Waals surface area contributed by atoms with E-state index in [0.717, 1.165) is 55.7 Å². The number of aromatic nitrogens is 1. The Morgan fingerprint density at radius 2 is 1.89 bits per heavy atom. The van der Waals surface area contributed by atoms with Crippen molar-refractivity contribution in [1.29, 1.82) is 0 Å². The molecule has 0 radical (unpaired) electrons. The summed E-state index contributed by atoms with van der Waals surface area (Å²) in [5.74, 6) is 2.48. The van der Waals surface area contributed by atoms with E-state index in [0.29, 0.717) is 12.4 Å². The average Bonchev–Trinajstić information content (AvgIpc) is 2.77. The van der Waals surface area contributed by atoms with E-state index in [1.54, 1.807) is 20.4 Å². The molecular formula is C21H29N5O2. The van der Waals surface area contributed by atoms with Crippen LogP contribution in [0.2, 0.25) is 0 Å². The number of hydrogen-bond donors (Lipinski definition) is 1. The quantitative estimate of drug-likeness (QED) is 0.610. The van der Waals surface area contributed by atoms with Gasteiger partial charge in [0.1, 0.15) is 5.75 Å². The monoisotopic (exact) mass is 383 g/mol. The van der Waals surface area contributed by atoms with Crippen LogP contribution in [0.25, 0.3) is 0 Å². The topological polar surface area (TPSA) is 62.2 Å². The van der Waals surface area contributed by atoms with E-state index in [2.05, 4.69) is 39.2 Å². The van der Waals surface area contributed by atoms with Crippen LogP contribution in [0.15, 0.2) is 47.6 Å². The van der Waals surface area contributed by atoms with Crippen LogP contribution in [0, 0.1) is 0 Å². The molecule has 0 aliphatic carbocycles. The maximum atomic E-state index is 5.51. The summed E-state index contributed by atoms with van der Waals surface area (Å²) in [6.45, 7) is 7.18. The molecule has 2 heterocycles. The zero-order chi connectivity index (χ0) is 19.8. The molecule has 1 N–H and O–H groups in total. The standard InChI is InChI=1S/C21H29N5O2/c1-4-22-21(24-16-17-9-10-23-20(15-17)28-3)26-13-11-25(12-14-26)18-7-5-6-8-19(18)27-2/h5-10,15H,4,11-14,16H2,1-3H3,(H,22,24). The Labute approximate surface area is 167 Å². The van der Waals surface area contributed by atoms with Crippen LogP contribution in [-0.4, -0.2) is 62.8 Å². The first kappa shape index (κ1) is 19.8. The van der Waals surface area contributed by atoms with E-state index in [1.165, 1.54) is 0 Å². The van der Waals surface area contributed by atoms with Crippen LogP contribution in [-0.2, 0) is 6.54 Å². The van der Waals surface area contributed by atoms with Crippen molar-refractivity contribution in [3.8, 4) is 11.6 Å². The van der Waals surface area contributed by atoms with Crippen LogP contribution in [0.5, 0.6) is 11.6 Å². The molecule has 7 nitrogen and oxygen atoms in total. The number of anilines is 1. The lowest BCUT2D eigenvalue weighted by Crippen LogP contribution is -2.52. The largest absolute Gasteiger partial charge is 0.495 e. The second kappa shape index (κ2) is 9.82. The van der Waals surface area contributed by atoms with E-state index < -0.39 is 0 Å². The van der Waals surface area contributed by atoms with Gasteiger partial charge in [-0.15, -0.1) is 0 Å². The van der Waals surface area contributed by atoms with Crippen LogP contribution in [0.1, 0.15) is 12.5 Å². The first-order valence-corrected chi connectivity index (χ1v) is 9.65. The lowest BCUT2D eigenvalue weighted by molar-refractivity contribution is 0.367. The third-order valence-electron chi connectivity index (χ3n) is 4.76. The number of piperazine rings is 1. The molecule has 0 unspecified atom stereocenters. The first-order chi connectivity index (χ1) is 13.7. The van der Waals surface area contributed by atoms with Gasteiger partial charge in [0.15, 0.2) is 5.96 Å². The highest BCUT2D eigenvalue weighted by atomic mass is 16.5. The number of methoxy groups -OCH3 is 2. The van der Waals surface area contributed by atoms with Crippen molar-refractivity contribution in [2.75, 3.05) is 51.8 Å². The molecule has 0 atom stereocenters. The van der Waals surface area contributed by atoms with Crippen molar-refractivity contribution in [3.05, 3.63) is 48.2 Å². The summed E-state index contributed by atoms with van der Waals surface area (Å²) in [5.41, 5.74) is 2.23. The van der Waals surface area contributed by atoms with Gasteiger partial charge in [0, 0.05) is 45.0 Å². The molecule has 1 fully saturated rings. The normalized spacial score (nSPS) is 14.8. The van der Waals surface area contributed by atoms with Crippen molar-refractivity contribution in [3.63, 3.8) is 0 Å². The summed E-state index contributed by atoms with van der Waals surface area (Å²) in [6, 6.07) is 12.1. The van der Waals surface area contributed by atoms with Crippen molar-refractivity contribution in [2.45, 2.75) is 13.5 Å². The fourth-order valence-corrected chi connectivity index (χ4v) is 3.30. The Balaban J connectivity index is 1.65. The Morgan fingerprint density at radius 1 is 1.11 bits per heavy atom. The molecule has 3 rings (SSSR count). The minimum Gasteiger partial charge on any atom is -0.495 e. The number of pyridine rings is 1. The predicted octanol–water partition coefficient (Wildman–Crippen LogP) is 2.39. The van der Waals surface area contributed by atoms with Crippen molar-refractivity contribution >= 4 is 11.6 Å². The highest BCUT2D eigenvalue weighted by Gasteiger charge is 2.21. The molecule has 28 heavy (non-hydrogen) atoms. The van der Waals surface area contributed by atoms with Crippen molar-refractivity contribution in [2.24, 2.45) is 4.99 Å². The number of guanidine groups is 1. The molecule has 0 amide bonds. The minimum absolute atomic E-state index is 0.591. The number of rotatable bonds is 6. The smallest absolute Gasteiger partial charge is 0.213 e. The zero-order valence-corrected chi connectivity index (χ0v) is 16.9. The van der Waals surface area contributed by atoms with Gasteiger partial charge in [-0.2, -0.15) is 0 Å². The van der Waals surface area contributed by atoms with Gasteiger partial charge in [-0.3, -0.25) is 0 Å². The molecule has 150 valence electrons. The number of nitrogens with one attached hydrogen (secondary N) is 1. The van der Waals surface area contributed by atoms with Gasteiger partial charge >= 0.3 is 0 Å². The van der Waals surface area contributed by atoms with Gasteiger partial charge in [0.2, 0.25) is 5.88 Å². The summed E-state index contributed by atoms with van der Waals surface area (Å²) in [4.78, 5) is 13.7. The van der Waals surface area contributed by atoms with Crippen LogP contribution < -0.4 is 19.7 Å². The van der Waals surface area contributed by atoms with Crippen LogP contribution >= 0.6 is 0 Å². The molecule has 1 aliphatic rings. The SMILES string of the molecule is CCNC(=NCc1ccnc(OC)c1)N1CCN(c2ccccc2OC)CC1. The fourth-order valence-electron chi connectivity index (χ4n) is 3.30. The number of nitrogens with zero attached hydrogens (tertiary/aromatic N) is 4. The fraction of sp³-hybridized carbons (Fsp3) is 0.429. The minimum atomic E-state index is 0.591. The zero-order valence-electron chi connectivity index (χ0n) is 16.9. The molecule has 2 aromatic rings. The lowest BCUT2D eigenvalue weighted by Gasteiger charge is -2.38. The van der Waals surface area contributed by atoms with Crippen LogP contribution in [0.4, 0.5) is 5.69 Å². The number of para-hydroxylation sites is 2. The second-order valence-electron chi connectivity index (χ2n) is 6.52. The maximum Gasteiger partial charge on any atom is 0.213 e. The molecule has 1 saturated heterocycles. The van der Waals surface area contributed by atoms with Gasteiger partial charge < -0.3 is 24.6 Å². The van der Waals surface area contributed by atoms with Crippen molar-refractivity contribution in [1.82, 2.24) is 15.2 Å². The number of hydrogen-bond acceptors (Lipinski definition) is 5. The number of benzene rings is 1. The van der Waals surface area contributed by atoms with E-state index in [1.807, 2.05) is 24.3 Å². The van der Waals surface area contributed by atoms with E-state index in [-0.39, 0.29) is 0 Å². The maximum absolute atomic E-state index is 5.51. The first-order valence-electron chi connectivity index (χ1n) is 9.65. The Kier molecular flexibility index (Phi) is 6.94. The van der Waals surface area contributed by atoms with Gasteiger partial charge in [0.05, 0.1) is 26.5 Å². The summed E-state index contributed by atoms with van der Waals surface area (Å²) >= 11 is 0. The van der Waals surface area contributed by atoms with E-state index in [9.17, 15) is 0 Å². The molecule has 0 bridgehead atoms. The summed E-state index contributed by atoms with van der Waals surface area (Å²) in [5, 5.41) is 3.41. The van der Waals surface area contributed by atoms with Crippen LogP contribution in [0.3, 0.4) is 0 Å². The Morgan fingerprint density at radius 3 is 2.61 bits per heavy atom. The molecule has 0 saturated carbocycles. The van der Waals surface area contributed by atoms with Crippen molar-refractivity contribution < 1.29 is 9.47 Å². The van der Waals surface area contributed by atoms with Gasteiger partial charge in [-0.05, 0) is 30.7 Å². The summed E-state index contributed by atoms with van der Waals surface area (Å²) in [6.07, 6.45) is 1.75. The molecule has 7 heteroatoms. The lowest BCUT2D eigenvalue weighted by atomic mass is 10.2. The Bertz CT molecular complexity index is 788. The summed E-state index contributed by atoms with van der Waals surface area (Å²) < 4.78 is 10.7. The molecule has 1 aromatic carbocycles. The average molecular weight is 383 g/mol. The molecule has 1 aromatic heterocycles. The highest BCUT2D eigenvalue weighted by Crippen LogP contribution is 2.28. The van der Waals surface area contributed by atoms with Gasteiger partial charge in [-0.25, -0.2) is 9.98 Å². The molecule has 1 aliphatic heterocycles. The third-order valence-corrected chi connectivity index (χ3v) is 4.76. The second-order valence-corrected chi connectivity index (χ2v) is 6.52. The molecule has 0 spiro atoms. The highest BCUT2D eigenvalue weighted by molar-refractivity contribution is 5.80.